The molecule has 1 heterocycles. The van der Waals surface area contributed by atoms with Crippen LogP contribution in [0.1, 0.15) is 46.0 Å². The molecule has 1 aliphatic heterocycles. The highest BCUT2D eigenvalue weighted by atomic mass is 16.7. The van der Waals surface area contributed by atoms with Crippen molar-refractivity contribution in [2.75, 3.05) is 13.2 Å². The average Bonchev–Trinajstić information content (AvgIpc) is 3.11. The van der Waals surface area contributed by atoms with Gasteiger partial charge in [-0.25, -0.2) is 0 Å². The number of allylic oxidation sites excluding steroid dienone is 1. The number of ether oxygens (including phenoxy) is 2. The molecule has 5 aliphatic rings. The maximum atomic E-state index is 11.6. The third-order valence-corrected chi connectivity index (χ3v) is 6.44. The summed E-state index contributed by atoms with van der Waals surface area (Å²) in [7, 11) is 0. The first-order valence-electron chi connectivity index (χ1n) is 8.93. The van der Waals surface area contributed by atoms with Crippen LogP contribution in [0.2, 0.25) is 0 Å². The highest BCUT2D eigenvalue weighted by molar-refractivity contribution is 5.30. The first kappa shape index (κ1) is 14.9. The summed E-state index contributed by atoms with van der Waals surface area (Å²) in [5.41, 5.74) is 0.600. The SMILES string of the molecule is CC(C)[C@H]1C=C([C@@]2(O)C[C@H]3C=C[C@@H]2CCC32OCCO2)CC1. The molecule has 2 bridgehead atoms. The second-order valence-corrected chi connectivity index (χ2v) is 7.91. The first-order valence-corrected chi connectivity index (χ1v) is 8.93. The van der Waals surface area contributed by atoms with Gasteiger partial charge in [-0.1, -0.05) is 32.1 Å². The predicted octanol–water partition coefficient (Wildman–Crippen LogP) is 3.44. The van der Waals surface area contributed by atoms with Crippen molar-refractivity contribution in [2.45, 2.75) is 57.3 Å². The molecule has 2 fully saturated rings. The molecule has 3 nitrogen and oxygen atoms in total. The van der Waals surface area contributed by atoms with E-state index in [4.69, 9.17) is 9.47 Å². The van der Waals surface area contributed by atoms with Gasteiger partial charge >= 0.3 is 0 Å². The summed E-state index contributed by atoms with van der Waals surface area (Å²) in [5.74, 6) is 1.21. The Morgan fingerprint density at radius 3 is 2.55 bits per heavy atom. The Bertz CT molecular complexity index is 501. The van der Waals surface area contributed by atoms with Gasteiger partial charge in [0.2, 0.25) is 0 Å². The average molecular weight is 304 g/mol. The largest absolute Gasteiger partial charge is 0.385 e. The van der Waals surface area contributed by atoms with Gasteiger partial charge < -0.3 is 14.6 Å². The zero-order valence-electron chi connectivity index (χ0n) is 13.8. The lowest BCUT2D eigenvalue weighted by molar-refractivity contribution is -0.190. The number of hydrogen-bond donors (Lipinski definition) is 1. The molecule has 1 saturated carbocycles. The summed E-state index contributed by atoms with van der Waals surface area (Å²) < 4.78 is 12.0. The van der Waals surface area contributed by atoms with Gasteiger partial charge in [-0.2, -0.15) is 0 Å². The van der Waals surface area contributed by atoms with E-state index in [1.807, 2.05) is 0 Å². The van der Waals surface area contributed by atoms with E-state index in [9.17, 15) is 5.11 Å². The number of fused-ring (bicyclic) bond motifs is 2. The molecule has 4 atom stereocenters. The minimum atomic E-state index is -0.679. The summed E-state index contributed by atoms with van der Waals surface area (Å²) in [6.07, 6.45) is 11.7. The third kappa shape index (κ3) is 2.13. The topological polar surface area (TPSA) is 38.7 Å². The zero-order chi connectivity index (χ0) is 15.4. The Kier molecular flexibility index (Phi) is 3.52. The van der Waals surface area contributed by atoms with Crippen LogP contribution in [-0.2, 0) is 9.47 Å². The summed E-state index contributed by atoms with van der Waals surface area (Å²) in [4.78, 5) is 0. The van der Waals surface area contributed by atoms with Gasteiger partial charge in [0.1, 0.15) is 0 Å². The van der Waals surface area contributed by atoms with E-state index in [1.54, 1.807) is 0 Å². The molecule has 122 valence electrons. The summed E-state index contributed by atoms with van der Waals surface area (Å²) >= 11 is 0. The van der Waals surface area contributed by atoms with Crippen LogP contribution in [0.15, 0.2) is 23.8 Å². The van der Waals surface area contributed by atoms with Gasteiger partial charge in [0, 0.05) is 18.3 Å². The van der Waals surface area contributed by atoms with E-state index >= 15 is 0 Å². The molecule has 3 heteroatoms. The Morgan fingerprint density at radius 2 is 1.86 bits per heavy atom. The van der Waals surface area contributed by atoms with E-state index in [0.717, 1.165) is 25.7 Å². The fourth-order valence-corrected chi connectivity index (χ4v) is 4.99. The summed E-state index contributed by atoms with van der Waals surface area (Å²) in [6, 6.07) is 0. The van der Waals surface area contributed by atoms with Crippen LogP contribution in [0.25, 0.3) is 0 Å². The summed E-state index contributed by atoms with van der Waals surface area (Å²) in [5, 5.41) is 11.6. The molecule has 0 amide bonds. The Labute approximate surface area is 133 Å². The highest BCUT2D eigenvalue weighted by Gasteiger charge is 2.55. The van der Waals surface area contributed by atoms with Crippen molar-refractivity contribution >= 4 is 0 Å². The quantitative estimate of drug-likeness (QED) is 0.794. The van der Waals surface area contributed by atoms with Gasteiger partial charge in [-0.05, 0) is 43.1 Å². The number of aliphatic hydroxyl groups is 1. The fourth-order valence-electron chi connectivity index (χ4n) is 4.99. The van der Waals surface area contributed by atoms with Crippen molar-refractivity contribution < 1.29 is 14.6 Å². The van der Waals surface area contributed by atoms with Crippen molar-refractivity contribution in [3.05, 3.63) is 23.8 Å². The Morgan fingerprint density at radius 1 is 1.14 bits per heavy atom. The molecule has 0 aromatic carbocycles. The number of rotatable bonds is 2. The van der Waals surface area contributed by atoms with Crippen LogP contribution in [0.5, 0.6) is 0 Å². The molecule has 22 heavy (non-hydrogen) atoms. The van der Waals surface area contributed by atoms with Gasteiger partial charge in [0.05, 0.1) is 18.8 Å². The molecule has 0 radical (unpaired) electrons. The monoisotopic (exact) mass is 304 g/mol. The molecule has 1 N–H and O–H groups in total. The van der Waals surface area contributed by atoms with E-state index in [1.165, 1.54) is 12.0 Å². The van der Waals surface area contributed by atoms with E-state index < -0.39 is 11.4 Å². The lowest BCUT2D eigenvalue weighted by Crippen LogP contribution is -2.45. The molecule has 1 saturated heterocycles. The minimum absolute atomic E-state index is 0.178. The van der Waals surface area contributed by atoms with Crippen LogP contribution in [0.4, 0.5) is 0 Å². The smallest absolute Gasteiger partial charge is 0.174 e. The van der Waals surface area contributed by atoms with E-state index in [-0.39, 0.29) is 11.8 Å². The molecular weight excluding hydrogens is 276 g/mol. The van der Waals surface area contributed by atoms with Gasteiger partial charge in [-0.3, -0.25) is 0 Å². The Hall–Kier alpha value is -0.640. The molecule has 0 aromatic heterocycles. The van der Waals surface area contributed by atoms with Gasteiger partial charge in [0.25, 0.3) is 0 Å². The van der Waals surface area contributed by atoms with Crippen molar-refractivity contribution in [3.8, 4) is 0 Å². The molecule has 4 aliphatic carbocycles. The molecular formula is C19H28O3. The van der Waals surface area contributed by atoms with E-state index in [2.05, 4.69) is 32.1 Å². The zero-order valence-corrected chi connectivity index (χ0v) is 13.8. The third-order valence-electron chi connectivity index (χ3n) is 6.44. The lowest BCUT2D eigenvalue weighted by atomic mass is 9.71. The van der Waals surface area contributed by atoms with Gasteiger partial charge in [0.15, 0.2) is 5.79 Å². The lowest BCUT2D eigenvalue weighted by Gasteiger charge is -2.41. The van der Waals surface area contributed by atoms with Crippen LogP contribution in [-0.4, -0.2) is 29.7 Å². The fraction of sp³-hybridized carbons (Fsp3) is 0.789. The van der Waals surface area contributed by atoms with Crippen LogP contribution in [0, 0.1) is 23.7 Å². The van der Waals surface area contributed by atoms with Crippen molar-refractivity contribution in [1.29, 1.82) is 0 Å². The molecule has 5 rings (SSSR count). The van der Waals surface area contributed by atoms with Crippen LogP contribution >= 0.6 is 0 Å². The second kappa shape index (κ2) is 5.19. The Balaban J connectivity index is 1.64. The maximum absolute atomic E-state index is 11.6. The molecule has 1 spiro atoms. The normalized spacial score (nSPS) is 43.1. The minimum Gasteiger partial charge on any atom is -0.385 e. The predicted molar refractivity (Wildman–Crippen MR) is 85.2 cm³/mol. The second-order valence-electron chi connectivity index (χ2n) is 7.91. The van der Waals surface area contributed by atoms with Crippen molar-refractivity contribution in [1.82, 2.24) is 0 Å². The first-order chi connectivity index (χ1) is 10.5. The van der Waals surface area contributed by atoms with Crippen LogP contribution < -0.4 is 0 Å². The maximum Gasteiger partial charge on any atom is 0.174 e. The van der Waals surface area contributed by atoms with Crippen molar-refractivity contribution in [2.24, 2.45) is 23.7 Å². The van der Waals surface area contributed by atoms with Crippen molar-refractivity contribution in [3.63, 3.8) is 0 Å². The molecule has 0 aromatic rings. The van der Waals surface area contributed by atoms with E-state index in [0.29, 0.717) is 25.0 Å². The standard InChI is InChI=1S/C19H28O3/c1-13(2)14-3-4-16(11-14)18(20)12-17-6-5-15(18)7-8-19(17)21-9-10-22-19/h5-6,11,13-15,17,20H,3-4,7-10,12H2,1-2H3/t14-,15-,17-,18-/m1/s1. The summed E-state index contributed by atoms with van der Waals surface area (Å²) in [6.45, 7) is 5.93. The highest BCUT2D eigenvalue weighted by Crippen LogP contribution is 2.53. The van der Waals surface area contributed by atoms with Crippen LogP contribution in [0.3, 0.4) is 0 Å². The molecule has 0 unspecified atom stereocenters. The number of hydrogen-bond acceptors (Lipinski definition) is 3. The van der Waals surface area contributed by atoms with Gasteiger partial charge in [-0.15, -0.1) is 0 Å².